The molecule has 1 aliphatic heterocycles. The number of benzene rings is 1. The minimum absolute atomic E-state index is 0.350. The van der Waals surface area contributed by atoms with Gasteiger partial charge >= 0.3 is 0 Å². The first kappa shape index (κ1) is 15.9. The largest absolute Gasteiger partial charge is 0.381 e. The van der Waals surface area contributed by atoms with Crippen molar-refractivity contribution < 1.29 is 9.53 Å². The van der Waals surface area contributed by atoms with Gasteiger partial charge in [-0.2, -0.15) is 0 Å². The lowest BCUT2D eigenvalue weighted by atomic mass is 10.1. The highest BCUT2D eigenvalue weighted by atomic mass is 32.2. The molecule has 1 atom stereocenters. The van der Waals surface area contributed by atoms with Crippen LogP contribution in [0.25, 0.3) is 0 Å². The molecule has 3 rings (SSSR count). The fourth-order valence-electron chi connectivity index (χ4n) is 2.92. The van der Waals surface area contributed by atoms with Crippen LogP contribution < -0.4 is 0 Å². The average Bonchev–Trinajstić information content (AvgIpc) is 3.26. The lowest BCUT2D eigenvalue weighted by Crippen LogP contribution is -2.37. The Bertz CT molecular complexity index is 469. The summed E-state index contributed by atoms with van der Waals surface area (Å²) in [5, 5.41) is 0. The molecule has 0 spiro atoms. The number of amides is 1. The van der Waals surface area contributed by atoms with Crippen molar-refractivity contribution >= 4 is 17.7 Å². The molecule has 22 heavy (non-hydrogen) atoms. The molecule has 2 fully saturated rings. The van der Waals surface area contributed by atoms with E-state index >= 15 is 0 Å². The second-order valence-corrected chi connectivity index (χ2v) is 7.44. The predicted molar refractivity (Wildman–Crippen MR) is 90.1 cm³/mol. The third-order valence-electron chi connectivity index (χ3n) is 4.33. The summed E-state index contributed by atoms with van der Waals surface area (Å²) in [7, 11) is 0. The maximum atomic E-state index is 12.5. The molecule has 0 N–H and O–H groups in total. The molecule has 3 nitrogen and oxygen atoms in total. The highest BCUT2D eigenvalue weighted by Gasteiger charge is 2.34. The SMILES string of the molecule is O=C(CCCSc1ccccc1)N(CC1CCOC1)C1CC1. The first-order valence-corrected chi connectivity index (χ1v) is 9.36. The van der Waals surface area contributed by atoms with Gasteiger partial charge in [-0.05, 0) is 43.6 Å². The van der Waals surface area contributed by atoms with E-state index in [-0.39, 0.29) is 0 Å². The Balaban J connectivity index is 1.39. The zero-order valence-corrected chi connectivity index (χ0v) is 13.9. The van der Waals surface area contributed by atoms with E-state index in [0.29, 0.717) is 24.3 Å². The highest BCUT2D eigenvalue weighted by molar-refractivity contribution is 7.99. The molecule has 0 radical (unpaired) electrons. The van der Waals surface area contributed by atoms with Crippen molar-refractivity contribution in [3.8, 4) is 0 Å². The van der Waals surface area contributed by atoms with Gasteiger partial charge in [0.1, 0.15) is 0 Å². The van der Waals surface area contributed by atoms with Crippen LogP contribution in [0.15, 0.2) is 35.2 Å². The summed E-state index contributed by atoms with van der Waals surface area (Å²) in [6.07, 6.45) is 5.14. The molecule has 1 heterocycles. The van der Waals surface area contributed by atoms with Crippen LogP contribution in [0.3, 0.4) is 0 Å². The summed E-state index contributed by atoms with van der Waals surface area (Å²) < 4.78 is 5.44. The lowest BCUT2D eigenvalue weighted by Gasteiger charge is -2.25. The van der Waals surface area contributed by atoms with Gasteiger partial charge in [0.15, 0.2) is 0 Å². The zero-order valence-electron chi connectivity index (χ0n) is 13.1. The summed E-state index contributed by atoms with van der Waals surface area (Å²) in [6.45, 7) is 2.61. The number of hydrogen-bond donors (Lipinski definition) is 0. The van der Waals surface area contributed by atoms with E-state index in [0.717, 1.165) is 38.4 Å². The maximum absolute atomic E-state index is 12.5. The topological polar surface area (TPSA) is 29.5 Å². The summed E-state index contributed by atoms with van der Waals surface area (Å²) in [5.41, 5.74) is 0. The molecule has 2 aliphatic rings. The van der Waals surface area contributed by atoms with Crippen LogP contribution in [-0.4, -0.2) is 42.4 Å². The average molecular weight is 319 g/mol. The van der Waals surface area contributed by atoms with Crippen molar-refractivity contribution in [2.75, 3.05) is 25.5 Å². The number of carbonyl (C=O) groups excluding carboxylic acids is 1. The number of rotatable bonds is 8. The van der Waals surface area contributed by atoms with Crippen molar-refractivity contribution in [1.82, 2.24) is 4.90 Å². The molecule has 0 aromatic heterocycles. The molecule has 1 amide bonds. The van der Waals surface area contributed by atoms with Crippen LogP contribution in [0, 0.1) is 5.92 Å². The minimum Gasteiger partial charge on any atom is -0.381 e. The van der Waals surface area contributed by atoms with E-state index in [1.54, 1.807) is 0 Å². The molecule has 1 unspecified atom stereocenters. The number of thioether (sulfide) groups is 1. The molecule has 1 aromatic carbocycles. The van der Waals surface area contributed by atoms with E-state index in [1.165, 1.54) is 17.7 Å². The van der Waals surface area contributed by atoms with Crippen LogP contribution >= 0.6 is 11.8 Å². The standard InChI is InChI=1S/C18H25NO2S/c20-18(7-4-12-22-17-5-2-1-3-6-17)19(16-8-9-16)13-15-10-11-21-14-15/h1-3,5-6,15-16H,4,7-14H2. The third kappa shape index (κ3) is 4.75. The number of ether oxygens (including phenoxy) is 1. The summed E-state index contributed by atoms with van der Waals surface area (Å²) in [4.78, 5) is 15.9. The van der Waals surface area contributed by atoms with E-state index in [9.17, 15) is 4.79 Å². The zero-order chi connectivity index (χ0) is 15.2. The highest BCUT2D eigenvalue weighted by Crippen LogP contribution is 2.30. The molecule has 0 bridgehead atoms. The first-order valence-electron chi connectivity index (χ1n) is 8.38. The first-order chi connectivity index (χ1) is 10.8. The summed E-state index contributed by atoms with van der Waals surface area (Å²) >= 11 is 1.84. The van der Waals surface area contributed by atoms with Crippen LogP contribution in [0.1, 0.15) is 32.1 Å². The van der Waals surface area contributed by atoms with Gasteiger partial charge in [0, 0.05) is 36.4 Å². The smallest absolute Gasteiger partial charge is 0.222 e. The lowest BCUT2D eigenvalue weighted by molar-refractivity contribution is -0.132. The second kappa shape index (κ2) is 8.02. The molecule has 4 heteroatoms. The van der Waals surface area contributed by atoms with Crippen LogP contribution in [0.4, 0.5) is 0 Å². The Morgan fingerprint density at radius 3 is 2.73 bits per heavy atom. The predicted octanol–water partition coefficient (Wildman–Crippen LogP) is 3.59. The van der Waals surface area contributed by atoms with Gasteiger partial charge in [-0.3, -0.25) is 4.79 Å². The Hall–Kier alpha value is -1.00. The number of nitrogens with zero attached hydrogens (tertiary/aromatic N) is 1. The number of hydrogen-bond acceptors (Lipinski definition) is 3. The van der Waals surface area contributed by atoms with Crippen molar-refractivity contribution in [1.29, 1.82) is 0 Å². The van der Waals surface area contributed by atoms with Crippen LogP contribution in [-0.2, 0) is 9.53 Å². The Morgan fingerprint density at radius 2 is 2.05 bits per heavy atom. The van der Waals surface area contributed by atoms with Crippen molar-refractivity contribution in [2.45, 2.75) is 43.0 Å². The summed E-state index contributed by atoms with van der Waals surface area (Å²) in [6, 6.07) is 10.9. The molecule has 1 aliphatic carbocycles. The molecule has 1 saturated heterocycles. The maximum Gasteiger partial charge on any atom is 0.222 e. The van der Waals surface area contributed by atoms with E-state index in [4.69, 9.17) is 4.74 Å². The van der Waals surface area contributed by atoms with Crippen molar-refractivity contribution in [3.05, 3.63) is 30.3 Å². The molecular formula is C18H25NO2S. The van der Waals surface area contributed by atoms with Gasteiger partial charge in [-0.1, -0.05) is 18.2 Å². The van der Waals surface area contributed by atoms with Gasteiger partial charge in [0.25, 0.3) is 0 Å². The fraction of sp³-hybridized carbons (Fsp3) is 0.611. The Kier molecular flexibility index (Phi) is 5.79. The molecule has 120 valence electrons. The van der Waals surface area contributed by atoms with E-state index in [2.05, 4.69) is 29.2 Å². The van der Waals surface area contributed by atoms with E-state index < -0.39 is 0 Å². The number of carbonyl (C=O) groups is 1. The second-order valence-electron chi connectivity index (χ2n) is 6.27. The van der Waals surface area contributed by atoms with Crippen molar-refractivity contribution in [3.63, 3.8) is 0 Å². The minimum atomic E-state index is 0.350. The van der Waals surface area contributed by atoms with Gasteiger partial charge in [0.2, 0.25) is 5.91 Å². The molecular weight excluding hydrogens is 294 g/mol. The summed E-state index contributed by atoms with van der Waals surface area (Å²) in [5.74, 6) is 1.92. The molecule has 1 saturated carbocycles. The molecule has 1 aromatic rings. The van der Waals surface area contributed by atoms with Crippen LogP contribution in [0.2, 0.25) is 0 Å². The van der Waals surface area contributed by atoms with Gasteiger partial charge in [0.05, 0.1) is 6.61 Å². The Labute approximate surface area is 137 Å². The van der Waals surface area contributed by atoms with Crippen molar-refractivity contribution in [2.24, 2.45) is 5.92 Å². The van der Waals surface area contributed by atoms with Gasteiger partial charge < -0.3 is 9.64 Å². The van der Waals surface area contributed by atoms with Gasteiger partial charge in [-0.25, -0.2) is 0 Å². The van der Waals surface area contributed by atoms with Gasteiger partial charge in [-0.15, -0.1) is 11.8 Å². The normalized spacial score (nSPS) is 21.0. The third-order valence-corrected chi connectivity index (χ3v) is 5.43. The van der Waals surface area contributed by atoms with E-state index in [1.807, 2.05) is 17.8 Å². The monoisotopic (exact) mass is 319 g/mol. The van der Waals surface area contributed by atoms with Crippen LogP contribution in [0.5, 0.6) is 0 Å². The fourth-order valence-corrected chi connectivity index (χ4v) is 3.79. The Morgan fingerprint density at radius 1 is 1.23 bits per heavy atom. The quantitative estimate of drug-likeness (QED) is 0.542.